The average molecular weight is 374 g/mol. The second kappa shape index (κ2) is 8.23. The second-order valence-corrected chi connectivity index (χ2v) is 7.56. The molecule has 0 fully saturated rings. The van der Waals surface area contributed by atoms with Gasteiger partial charge in [0.15, 0.2) is 0 Å². The smallest absolute Gasteiger partial charge is 0.251 e. The maximum Gasteiger partial charge on any atom is 0.251 e. The van der Waals surface area contributed by atoms with Crippen molar-refractivity contribution in [2.24, 2.45) is 0 Å². The van der Waals surface area contributed by atoms with E-state index < -0.39 is 0 Å². The van der Waals surface area contributed by atoms with Gasteiger partial charge in [0.25, 0.3) is 5.91 Å². The second-order valence-electron chi connectivity index (χ2n) is 7.15. The predicted octanol–water partition coefficient (Wildman–Crippen LogP) is 4.23. The lowest BCUT2D eigenvalue weighted by Crippen LogP contribution is -2.40. The summed E-state index contributed by atoms with van der Waals surface area (Å²) in [4.78, 5) is 24.3. The van der Waals surface area contributed by atoms with Crippen LogP contribution in [0.25, 0.3) is 0 Å². The first-order chi connectivity index (χ1) is 12.1. The molecule has 0 aromatic heterocycles. The molecule has 2 amide bonds. The van der Waals surface area contributed by atoms with Crippen molar-refractivity contribution < 1.29 is 9.59 Å². The number of hydrogen-bond donors (Lipinski definition) is 3. The molecule has 5 nitrogen and oxygen atoms in total. The SMILES string of the molecule is Cc1ccc(NC(=O)CNc2cccc(C(=O)NC(C)(C)C)c2)cc1Cl. The highest BCUT2D eigenvalue weighted by Gasteiger charge is 2.15. The first-order valence-electron chi connectivity index (χ1n) is 8.36. The van der Waals surface area contributed by atoms with Gasteiger partial charge in [-0.2, -0.15) is 0 Å². The van der Waals surface area contributed by atoms with Crippen molar-refractivity contribution in [2.75, 3.05) is 17.2 Å². The van der Waals surface area contributed by atoms with E-state index in [2.05, 4.69) is 16.0 Å². The van der Waals surface area contributed by atoms with Gasteiger partial charge < -0.3 is 16.0 Å². The Morgan fingerprint density at radius 3 is 2.42 bits per heavy atom. The van der Waals surface area contributed by atoms with Crippen molar-refractivity contribution in [3.63, 3.8) is 0 Å². The molecule has 0 atom stereocenters. The molecule has 3 N–H and O–H groups in total. The third kappa shape index (κ3) is 6.08. The molecule has 2 aromatic rings. The van der Waals surface area contributed by atoms with Gasteiger partial charge in [0.1, 0.15) is 0 Å². The number of anilines is 2. The zero-order chi connectivity index (χ0) is 19.3. The molecular weight excluding hydrogens is 350 g/mol. The summed E-state index contributed by atoms with van der Waals surface area (Å²) in [6.45, 7) is 7.76. The van der Waals surface area contributed by atoms with E-state index in [0.29, 0.717) is 22.0 Å². The Morgan fingerprint density at radius 2 is 1.77 bits per heavy atom. The summed E-state index contributed by atoms with van der Waals surface area (Å²) in [6.07, 6.45) is 0. The number of carbonyl (C=O) groups excluding carboxylic acids is 2. The number of aryl methyl sites for hydroxylation is 1. The van der Waals surface area contributed by atoms with E-state index in [1.54, 1.807) is 30.3 Å². The molecule has 26 heavy (non-hydrogen) atoms. The van der Waals surface area contributed by atoms with Crippen molar-refractivity contribution >= 4 is 34.8 Å². The van der Waals surface area contributed by atoms with Crippen LogP contribution >= 0.6 is 11.6 Å². The quantitative estimate of drug-likeness (QED) is 0.734. The number of benzene rings is 2. The minimum atomic E-state index is -0.310. The molecule has 0 aliphatic heterocycles. The fourth-order valence-electron chi connectivity index (χ4n) is 2.24. The van der Waals surface area contributed by atoms with Gasteiger partial charge in [-0.25, -0.2) is 0 Å². The van der Waals surface area contributed by atoms with E-state index in [4.69, 9.17) is 11.6 Å². The minimum absolute atomic E-state index is 0.0792. The number of hydrogen-bond acceptors (Lipinski definition) is 3. The van der Waals surface area contributed by atoms with Crippen LogP contribution in [0.2, 0.25) is 5.02 Å². The van der Waals surface area contributed by atoms with E-state index in [-0.39, 0.29) is 23.9 Å². The molecular formula is C20H24ClN3O2. The number of amides is 2. The van der Waals surface area contributed by atoms with Crippen LogP contribution in [0.15, 0.2) is 42.5 Å². The lowest BCUT2D eigenvalue weighted by molar-refractivity contribution is -0.114. The summed E-state index contributed by atoms with van der Waals surface area (Å²) in [7, 11) is 0. The van der Waals surface area contributed by atoms with E-state index in [1.807, 2.05) is 39.8 Å². The van der Waals surface area contributed by atoms with Crippen molar-refractivity contribution in [2.45, 2.75) is 33.2 Å². The molecule has 0 aliphatic carbocycles. The molecule has 0 saturated carbocycles. The van der Waals surface area contributed by atoms with Crippen LogP contribution in [-0.4, -0.2) is 23.9 Å². The summed E-state index contributed by atoms with van der Waals surface area (Å²) < 4.78 is 0. The molecule has 138 valence electrons. The summed E-state index contributed by atoms with van der Waals surface area (Å²) in [5.41, 5.74) is 2.52. The Labute approximate surface area is 159 Å². The van der Waals surface area contributed by atoms with Crippen LogP contribution < -0.4 is 16.0 Å². The van der Waals surface area contributed by atoms with Gasteiger partial charge in [-0.05, 0) is 63.6 Å². The fourth-order valence-corrected chi connectivity index (χ4v) is 2.42. The van der Waals surface area contributed by atoms with Crippen LogP contribution in [0.4, 0.5) is 11.4 Å². The van der Waals surface area contributed by atoms with Crippen LogP contribution in [0.3, 0.4) is 0 Å². The zero-order valence-corrected chi connectivity index (χ0v) is 16.2. The number of carbonyl (C=O) groups is 2. The topological polar surface area (TPSA) is 70.2 Å². The van der Waals surface area contributed by atoms with Crippen molar-refractivity contribution in [1.82, 2.24) is 5.32 Å². The average Bonchev–Trinajstić information content (AvgIpc) is 2.55. The summed E-state index contributed by atoms with van der Waals surface area (Å²) >= 11 is 6.06. The number of rotatable bonds is 5. The summed E-state index contributed by atoms with van der Waals surface area (Å²) in [5.74, 6) is -0.352. The van der Waals surface area contributed by atoms with Crippen molar-refractivity contribution in [3.05, 3.63) is 58.6 Å². The number of halogens is 1. The van der Waals surface area contributed by atoms with Gasteiger partial charge >= 0.3 is 0 Å². The minimum Gasteiger partial charge on any atom is -0.376 e. The first kappa shape index (κ1) is 19.8. The Hall–Kier alpha value is -2.53. The van der Waals surface area contributed by atoms with E-state index in [1.165, 1.54) is 0 Å². The van der Waals surface area contributed by atoms with Crippen molar-refractivity contribution in [1.29, 1.82) is 0 Å². The van der Waals surface area contributed by atoms with E-state index >= 15 is 0 Å². The van der Waals surface area contributed by atoms with Gasteiger partial charge in [0.05, 0.1) is 6.54 Å². The van der Waals surface area contributed by atoms with Crippen molar-refractivity contribution in [3.8, 4) is 0 Å². The monoisotopic (exact) mass is 373 g/mol. The molecule has 6 heteroatoms. The molecule has 0 aliphatic rings. The van der Waals surface area contributed by atoms with Gasteiger partial charge in [0.2, 0.25) is 5.91 Å². The molecule has 0 heterocycles. The summed E-state index contributed by atoms with van der Waals surface area (Å²) in [5, 5.41) is 9.32. The van der Waals surface area contributed by atoms with Crippen LogP contribution in [-0.2, 0) is 4.79 Å². The van der Waals surface area contributed by atoms with Crippen LogP contribution in [0.1, 0.15) is 36.7 Å². The highest BCUT2D eigenvalue weighted by atomic mass is 35.5. The normalized spacial score (nSPS) is 11.0. The Morgan fingerprint density at radius 1 is 1.04 bits per heavy atom. The molecule has 2 rings (SSSR count). The lowest BCUT2D eigenvalue weighted by Gasteiger charge is -2.20. The van der Waals surface area contributed by atoms with E-state index in [9.17, 15) is 9.59 Å². The van der Waals surface area contributed by atoms with E-state index in [0.717, 1.165) is 5.56 Å². The molecule has 0 bridgehead atoms. The predicted molar refractivity (Wildman–Crippen MR) is 107 cm³/mol. The summed E-state index contributed by atoms with van der Waals surface area (Å²) in [6, 6.07) is 12.4. The molecule has 0 saturated heterocycles. The molecule has 0 unspecified atom stereocenters. The first-order valence-corrected chi connectivity index (χ1v) is 8.74. The third-order valence-corrected chi connectivity index (χ3v) is 3.93. The Bertz CT molecular complexity index is 813. The maximum absolute atomic E-state index is 12.2. The highest BCUT2D eigenvalue weighted by Crippen LogP contribution is 2.20. The largest absolute Gasteiger partial charge is 0.376 e. The van der Waals surface area contributed by atoms with Crippen LogP contribution in [0.5, 0.6) is 0 Å². The zero-order valence-electron chi connectivity index (χ0n) is 15.4. The molecule has 0 radical (unpaired) electrons. The standard InChI is InChI=1S/C20H24ClN3O2/c1-13-8-9-16(11-17(13)21)23-18(25)12-22-15-7-5-6-14(10-15)19(26)24-20(2,3)4/h5-11,22H,12H2,1-4H3,(H,23,25)(H,24,26). The van der Waals surface area contributed by atoms with Gasteiger partial charge in [-0.1, -0.05) is 23.7 Å². The van der Waals surface area contributed by atoms with Gasteiger partial charge in [0, 0.05) is 27.5 Å². The van der Waals surface area contributed by atoms with Gasteiger partial charge in [-0.15, -0.1) is 0 Å². The van der Waals surface area contributed by atoms with Crippen LogP contribution in [0, 0.1) is 6.92 Å². The Kier molecular flexibility index (Phi) is 6.27. The fraction of sp³-hybridized carbons (Fsp3) is 0.300. The lowest BCUT2D eigenvalue weighted by atomic mass is 10.1. The third-order valence-electron chi connectivity index (χ3n) is 3.52. The Balaban J connectivity index is 1.94. The highest BCUT2D eigenvalue weighted by molar-refractivity contribution is 6.31. The maximum atomic E-state index is 12.2. The molecule has 0 spiro atoms. The molecule has 2 aromatic carbocycles. The van der Waals surface area contributed by atoms with Gasteiger partial charge in [-0.3, -0.25) is 9.59 Å². The number of nitrogens with one attached hydrogen (secondary N) is 3.